The first-order valence-corrected chi connectivity index (χ1v) is 12.7. The largest absolute Gasteiger partial charge is 0.416 e. The molecule has 210 valence electrons. The summed E-state index contributed by atoms with van der Waals surface area (Å²) in [6.07, 6.45) is -4.57. The number of aromatic nitrogens is 4. The highest BCUT2D eigenvalue weighted by molar-refractivity contribution is 5.99. The molecule has 0 saturated carbocycles. The van der Waals surface area contributed by atoms with E-state index in [0.717, 1.165) is 19.2 Å². The van der Waals surface area contributed by atoms with E-state index in [1.54, 1.807) is 38.2 Å². The van der Waals surface area contributed by atoms with Gasteiger partial charge >= 0.3 is 12.2 Å². The van der Waals surface area contributed by atoms with Crippen molar-refractivity contribution in [2.45, 2.75) is 19.6 Å². The Labute approximate surface area is 227 Å². The van der Waals surface area contributed by atoms with Crippen LogP contribution in [0.25, 0.3) is 22.2 Å². The normalized spacial score (nSPS) is 14.9. The standard InChI is InChI=1S/C27H29F3N8O2/c1-16-31-22-7-5-17(12-20(22)25(39)32-16)23-14-24(35-37(23)3)34-26(40)33-19-6-4-18(21(13-19)27(28,29)30)15-38-10-8-36(2)9-11-38/h4-7,12-14H,8-11,15H2,1-3H3,(H,31,32,39)(H2,33,34,35,40). The van der Waals surface area contributed by atoms with E-state index in [0.29, 0.717) is 41.1 Å². The van der Waals surface area contributed by atoms with Gasteiger partial charge < -0.3 is 15.2 Å². The lowest BCUT2D eigenvalue weighted by Gasteiger charge is -2.33. The monoisotopic (exact) mass is 554 g/mol. The van der Waals surface area contributed by atoms with Gasteiger partial charge in [0.25, 0.3) is 5.56 Å². The molecule has 4 aromatic rings. The van der Waals surface area contributed by atoms with Gasteiger partial charge in [0.05, 0.1) is 22.2 Å². The number of H-pyrrole nitrogens is 1. The zero-order valence-corrected chi connectivity index (χ0v) is 22.3. The summed E-state index contributed by atoms with van der Waals surface area (Å²) in [4.78, 5) is 36.1. The molecule has 0 unspecified atom stereocenters. The molecule has 3 heterocycles. The van der Waals surface area contributed by atoms with Crippen LogP contribution < -0.4 is 16.2 Å². The molecule has 5 rings (SSSR count). The fourth-order valence-corrected chi connectivity index (χ4v) is 4.80. The number of carbonyl (C=O) groups excluding carboxylic acids is 1. The van der Waals surface area contributed by atoms with Gasteiger partial charge in [-0.15, -0.1) is 0 Å². The maximum absolute atomic E-state index is 13.9. The summed E-state index contributed by atoms with van der Waals surface area (Å²) >= 11 is 0. The van der Waals surface area contributed by atoms with Gasteiger partial charge in [-0.1, -0.05) is 12.1 Å². The van der Waals surface area contributed by atoms with E-state index >= 15 is 0 Å². The number of benzene rings is 2. The number of aromatic amines is 1. The Kier molecular flexibility index (Phi) is 7.34. The van der Waals surface area contributed by atoms with Gasteiger partial charge in [0.1, 0.15) is 5.82 Å². The quantitative estimate of drug-likeness (QED) is 0.344. The molecule has 40 heavy (non-hydrogen) atoms. The summed E-state index contributed by atoms with van der Waals surface area (Å²) in [5, 5.41) is 9.73. The van der Waals surface area contributed by atoms with Crippen molar-refractivity contribution in [2.24, 2.45) is 7.05 Å². The molecule has 2 amide bonds. The Balaban J connectivity index is 1.31. The first-order chi connectivity index (χ1) is 19.0. The van der Waals surface area contributed by atoms with Crippen LogP contribution >= 0.6 is 0 Å². The first kappa shape index (κ1) is 27.3. The van der Waals surface area contributed by atoms with Gasteiger partial charge in [-0.2, -0.15) is 18.3 Å². The number of alkyl halides is 3. The zero-order valence-electron chi connectivity index (χ0n) is 22.3. The van der Waals surface area contributed by atoms with Crippen molar-refractivity contribution < 1.29 is 18.0 Å². The minimum Gasteiger partial charge on any atom is -0.310 e. The average molecular weight is 555 g/mol. The lowest BCUT2D eigenvalue weighted by atomic mass is 10.0. The maximum Gasteiger partial charge on any atom is 0.416 e. The Hall–Kier alpha value is -4.23. The molecule has 2 aromatic heterocycles. The highest BCUT2D eigenvalue weighted by Crippen LogP contribution is 2.35. The van der Waals surface area contributed by atoms with Crippen molar-refractivity contribution in [3.8, 4) is 11.3 Å². The van der Waals surface area contributed by atoms with E-state index in [1.807, 2.05) is 11.9 Å². The van der Waals surface area contributed by atoms with Gasteiger partial charge in [-0.25, -0.2) is 9.78 Å². The highest BCUT2D eigenvalue weighted by Gasteiger charge is 2.34. The first-order valence-electron chi connectivity index (χ1n) is 12.7. The lowest BCUT2D eigenvalue weighted by Crippen LogP contribution is -2.44. The average Bonchev–Trinajstić information content (AvgIpc) is 3.25. The molecule has 13 heteroatoms. The van der Waals surface area contributed by atoms with Gasteiger partial charge in [-0.05, 0) is 43.8 Å². The Morgan fingerprint density at radius 3 is 2.50 bits per heavy atom. The number of hydrogen-bond donors (Lipinski definition) is 3. The number of amides is 2. The summed E-state index contributed by atoms with van der Waals surface area (Å²) in [5.41, 5.74) is 0.981. The third kappa shape index (κ3) is 6.00. The molecule has 0 bridgehead atoms. The predicted molar refractivity (Wildman–Crippen MR) is 146 cm³/mol. The van der Waals surface area contributed by atoms with Crippen LogP contribution in [0.15, 0.2) is 47.3 Å². The highest BCUT2D eigenvalue weighted by atomic mass is 19.4. The number of urea groups is 1. The number of aryl methyl sites for hydroxylation is 2. The number of rotatable bonds is 5. The molecule has 0 atom stereocenters. The van der Waals surface area contributed by atoms with Gasteiger partial charge in [0, 0.05) is 57.1 Å². The van der Waals surface area contributed by atoms with E-state index in [-0.39, 0.29) is 29.2 Å². The van der Waals surface area contributed by atoms with Crippen LogP contribution in [-0.4, -0.2) is 68.8 Å². The smallest absolute Gasteiger partial charge is 0.310 e. The Morgan fingerprint density at radius 1 is 1.02 bits per heavy atom. The number of nitrogens with one attached hydrogen (secondary N) is 3. The second-order valence-corrected chi connectivity index (χ2v) is 9.95. The summed E-state index contributed by atoms with van der Waals surface area (Å²) in [6, 6.07) is 9.90. The van der Waals surface area contributed by atoms with Crippen molar-refractivity contribution in [1.82, 2.24) is 29.5 Å². The number of fused-ring (bicyclic) bond motifs is 1. The van der Waals surface area contributed by atoms with E-state index in [4.69, 9.17) is 0 Å². The molecule has 1 fully saturated rings. The van der Waals surface area contributed by atoms with E-state index in [2.05, 4.69) is 30.6 Å². The van der Waals surface area contributed by atoms with Crippen LogP contribution in [0.1, 0.15) is 17.0 Å². The molecule has 10 nitrogen and oxygen atoms in total. The van der Waals surface area contributed by atoms with Crippen molar-refractivity contribution in [2.75, 3.05) is 43.9 Å². The topological polar surface area (TPSA) is 111 Å². The SMILES string of the molecule is Cc1nc2ccc(-c3cc(NC(=O)Nc4ccc(CN5CCN(C)CC5)c(C(F)(F)F)c4)nn3C)cc2c(=O)[nH]1. The number of halogens is 3. The number of hydrogen-bond acceptors (Lipinski definition) is 6. The van der Waals surface area contributed by atoms with Crippen LogP contribution in [0, 0.1) is 6.92 Å². The summed E-state index contributed by atoms with van der Waals surface area (Å²) in [6.45, 7) is 4.86. The van der Waals surface area contributed by atoms with Crippen LogP contribution in [0.2, 0.25) is 0 Å². The van der Waals surface area contributed by atoms with Gasteiger partial charge in [0.15, 0.2) is 5.82 Å². The molecule has 1 aliphatic rings. The number of anilines is 2. The summed E-state index contributed by atoms with van der Waals surface area (Å²) in [7, 11) is 3.66. The van der Waals surface area contributed by atoms with Crippen molar-refractivity contribution >= 4 is 28.4 Å². The molecular weight excluding hydrogens is 525 g/mol. The summed E-state index contributed by atoms with van der Waals surface area (Å²) < 4.78 is 43.2. The molecular formula is C27H29F3N8O2. The van der Waals surface area contributed by atoms with Gasteiger partial charge in [-0.3, -0.25) is 19.7 Å². The zero-order chi connectivity index (χ0) is 28.6. The molecule has 0 aliphatic carbocycles. The third-order valence-corrected chi connectivity index (χ3v) is 6.90. The molecule has 0 spiro atoms. The number of nitrogens with zero attached hydrogens (tertiary/aromatic N) is 5. The Bertz CT molecular complexity index is 1620. The van der Waals surface area contributed by atoms with E-state index < -0.39 is 17.8 Å². The summed E-state index contributed by atoms with van der Waals surface area (Å²) in [5.74, 6) is 0.698. The van der Waals surface area contributed by atoms with E-state index in [1.165, 1.54) is 16.8 Å². The van der Waals surface area contributed by atoms with Crippen molar-refractivity contribution in [3.05, 3.63) is 69.8 Å². The fourth-order valence-electron chi connectivity index (χ4n) is 4.80. The lowest BCUT2D eigenvalue weighted by molar-refractivity contribution is -0.138. The number of carbonyl (C=O) groups is 1. The minimum absolute atomic E-state index is 0.0136. The van der Waals surface area contributed by atoms with Crippen LogP contribution in [0.5, 0.6) is 0 Å². The van der Waals surface area contributed by atoms with Crippen LogP contribution in [0.3, 0.4) is 0 Å². The van der Waals surface area contributed by atoms with Crippen molar-refractivity contribution in [1.29, 1.82) is 0 Å². The van der Waals surface area contributed by atoms with E-state index in [9.17, 15) is 22.8 Å². The molecule has 1 aliphatic heterocycles. The second kappa shape index (κ2) is 10.7. The number of piperazine rings is 1. The molecule has 1 saturated heterocycles. The fraction of sp³-hybridized carbons (Fsp3) is 0.333. The predicted octanol–water partition coefficient (Wildman–Crippen LogP) is 4.04. The third-order valence-electron chi connectivity index (χ3n) is 6.90. The van der Waals surface area contributed by atoms with Crippen LogP contribution in [-0.2, 0) is 19.8 Å². The van der Waals surface area contributed by atoms with Gasteiger partial charge in [0.2, 0.25) is 0 Å². The molecule has 2 aromatic carbocycles. The number of likely N-dealkylation sites (N-methyl/N-ethyl adjacent to an activating group) is 1. The molecule has 0 radical (unpaired) electrons. The molecule has 3 N–H and O–H groups in total. The van der Waals surface area contributed by atoms with Crippen molar-refractivity contribution in [3.63, 3.8) is 0 Å². The Morgan fingerprint density at radius 2 is 1.77 bits per heavy atom. The maximum atomic E-state index is 13.9. The minimum atomic E-state index is -4.57. The second-order valence-electron chi connectivity index (χ2n) is 9.95. The van der Waals surface area contributed by atoms with Crippen LogP contribution in [0.4, 0.5) is 29.5 Å².